The van der Waals surface area contributed by atoms with Crippen molar-refractivity contribution in [3.63, 3.8) is 0 Å². The summed E-state index contributed by atoms with van der Waals surface area (Å²) in [4.78, 5) is 21.6. The largest absolute Gasteiger partial charge is 0.378 e. The summed E-state index contributed by atoms with van der Waals surface area (Å²) >= 11 is 0. The first kappa shape index (κ1) is 21.8. The van der Waals surface area contributed by atoms with Gasteiger partial charge < -0.3 is 19.4 Å². The van der Waals surface area contributed by atoms with Gasteiger partial charge in [0.05, 0.1) is 30.5 Å². The van der Waals surface area contributed by atoms with Crippen LogP contribution < -0.4 is 14.7 Å². The third kappa shape index (κ3) is 3.64. The van der Waals surface area contributed by atoms with Gasteiger partial charge in [-0.15, -0.1) is 0 Å². The molecule has 1 aromatic carbocycles. The number of hydrogen-bond donors (Lipinski definition) is 0. The predicted octanol–water partition coefficient (Wildman–Crippen LogP) is 3.76. The number of aryl methyl sites for hydroxylation is 1. The molecule has 9 heteroatoms. The number of hydrogen-bond acceptors (Lipinski definition) is 8. The summed E-state index contributed by atoms with van der Waals surface area (Å²) in [7, 11) is 0. The van der Waals surface area contributed by atoms with E-state index in [1.165, 1.54) is 18.4 Å². The molecule has 6 heterocycles. The smallest absolute Gasteiger partial charge is 0.160 e. The minimum Gasteiger partial charge on any atom is -0.378 e. The molecule has 9 nitrogen and oxygen atoms in total. The summed E-state index contributed by atoms with van der Waals surface area (Å²) in [6, 6.07) is 10.9. The lowest BCUT2D eigenvalue weighted by Crippen LogP contribution is -2.40. The molecule has 0 spiro atoms. The van der Waals surface area contributed by atoms with Gasteiger partial charge >= 0.3 is 0 Å². The van der Waals surface area contributed by atoms with Gasteiger partial charge in [-0.25, -0.2) is 15.0 Å². The zero-order chi connectivity index (χ0) is 24.1. The van der Waals surface area contributed by atoms with Crippen molar-refractivity contribution >= 4 is 34.0 Å². The molecule has 0 amide bonds. The van der Waals surface area contributed by atoms with Gasteiger partial charge in [0, 0.05) is 50.2 Å². The lowest BCUT2D eigenvalue weighted by Gasteiger charge is -2.36. The Hall–Kier alpha value is -3.46. The summed E-state index contributed by atoms with van der Waals surface area (Å²) in [5.41, 5.74) is 4.19. The van der Waals surface area contributed by atoms with Crippen LogP contribution in [-0.2, 0) is 4.74 Å². The number of ether oxygens (including phenoxy) is 1. The molecule has 7 rings (SSSR count). The summed E-state index contributed by atoms with van der Waals surface area (Å²) < 4.78 is 7.69. The summed E-state index contributed by atoms with van der Waals surface area (Å²) in [6.07, 6.45) is 6.31. The van der Waals surface area contributed by atoms with Crippen LogP contribution in [0.15, 0.2) is 36.7 Å². The van der Waals surface area contributed by atoms with Crippen molar-refractivity contribution in [1.82, 2.24) is 24.6 Å². The second-order valence-corrected chi connectivity index (χ2v) is 10.1. The van der Waals surface area contributed by atoms with Crippen LogP contribution in [0.25, 0.3) is 16.6 Å². The van der Waals surface area contributed by atoms with E-state index in [-0.39, 0.29) is 6.04 Å². The molecule has 0 unspecified atom stereocenters. The summed E-state index contributed by atoms with van der Waals surface area (Å²) in [5, 5.41) is 6.34. The number of benzene rings is 1. The summed E-state index contributed by atoms with van der Waals surface area (Å²) in [5.74, 6) is 3.18. The van der Waals surface area contributed by atoms with E-state index in [0.717, 1.165) is 98.5 Å². The van der Waals surface area contributed by atoms with Crippen molar-refractivity contribution in [3.8, 4) is 0 Å². The Balaban J connectivity index is 1.33. The van der Waals surface area contributed by atoms with Crippen molar-refractivity contribution in [2.75, 3.05) is 60.6 Å². The van der Waals surface area contributed by atoms with Crippen LogP contribution in [0.4, 0.5) is 17.5 Å². The topological polar surface area (TPSA) is 74.9 Å². The highest BCUT2D eigenvalue weighted by molar-refractivity contribution is 5.92. The van der Waals surface area contributed by atoms with Crippen molar-refractivity contribution in [2.24, 2.45) is 0 Å². The Bertz CT molecular complexity index is 1400. The molecular weight excluding hydrogens is 452 g/mol. The van der Waals surface area contributed by atoms with Gasteiger partial charge in [0.2, 0.25) is 0 Å². The number of aromatic nitrogens is 5. The van der Waals surface area contributed by atoms with Crippen molar-refractivity contribution in [2.45, 2.75) is 38.6 Å². The fourth-order valence-electron chi connectivity index (χ4n) is 5.82. The van der Waals surface area contributed by atoms with E-state index in [0.29, 0.717) is 0 Å². The fraction of sp³-hybridized carbons (Fsp3) is 0.481. The molecule has 0 aliphatic carbocycles. The molecule has 186 valence electrons. The number of nitrogens with zero attached hydrogens (tertiary/aromatic N) is 8. The molecule has 3 aliphatic heterocycles. The fourth-order valence-corrected chi connectivity index (χ4v) is 5.82. The van der Waals surface area contributed by atoms with Crippen molar-refractivity contribution < 1.29 is 4.74 Å². The molecule has 3 aromatic heterocycles. The molecule has 1 atom stereocenters. The lowest BCUT2D eigenvalue weighted by atomic mass is 9.98. The van der Waals surface area contributed by atoms with E-state index in [1.54, 1.807) is 6.33 Å². The highest BCUT2D eigenvalue weighted by Crippen LogP contribution is 2.38. The standard InChI is InChI=1S/C27H32N8O/c1-19-6-4-7-20-26(19)27(29-18-28-20)34-11-3-2-8-22(34)21-16-24-30-23(32-9-5-10-32)17-25(35(24)31-21)33-12-14-36-15-13-33/h4,6-7,16-18,22H,2-3,5,8-15H2,1H3/t22-/m0/s1. The van der Waals surface area contributed by atoms with Gasteiger partial charge in [0.15, 0.2) is 5.65 Å². The van der Waals surface area contributed by atoms with Crippen LogP contribution in [0.2, 0.25) is 0 Å². The van der Waals surface area contributed by atoms with Crippen LogP contribution in [0.3, 0.4) is 0 Å². The number of piperidine rings is 1. The van der Waals surface area contributed by atoms with E-state index >= 15 is 0 Å². The van der Waals surface area contributed by atoms with E-state index in [1.807, 2.05) is 0 Å². The molecule has 4 aromatic rings. The monoisotopic (exact) mass is 484 g/mol. The molecule has 3 saturated heterocycles. The Morgan fingerprint density at radius 3 is 2.64 bits per heavy atom. The maximum Gasteiger partial charge on any atom is 0.160 e. The number of anilines is 3. The average Bonchev–Trinajstić information content (AvgIpc) is 3.32. The van der Waals surface area contributed by atoms with Crippen molar-refractivity contribution in [3.05, 3.63) is 47.9 Å². The molecule has 36 heavy (non-hydrogen) atoms. The van der Waals surface area contributed by atoms with Crippen LogP contribution in [0.5, 0.6) is 0 Å². The van der Waals surface area contributed by atoms with Crippen LogP contribution in [-0.4, -0.2) is 70.5 Å². The van der Waals surface area contributed by atoms with E-state index in [2.05, 4.69) is 61.5 Å². The van der Waals surface area contributed by atoms with Crippen LogP contribution in [0, 0.1) is 6.92 Å². The number of fused-ring (bicyclic) bond motifs is 2. The van der Waals surface area contributed by atoms with Crippen molar-refractivity contribution in [1.29, 1.82) is 0 Å². The molecular formula is C27H32N8O. The first-order chi connectivity index (χ1) is 17.8. The third-order valence-corrected chi connectivity index (χ3v) is 7.90. The van der Waals surface area contributed by atoms with Gasteiger partial charge in [-0.3, -0.25) is 0 Å². The van der Waals surface area contributed by atoms with E-state index < -0.39 is 0 Å². The zero-order valence-corrected chi connectivity index (χ0v) is 20.8. The van der Waals surface area contributed by atoms with Gasteiger partial charge in [0.1, 0.15) is 23.8 Å². The highest BCUT2D eigenvalue weighted by atomic mass is 16.5. The van der Waals surface area contributed by atoms with Crippen LogP contribution >= 0.6 is 0 Å². The highest BCUT2D eigenvalue weighted by Gasteiger charge is 2.30. The summed E-state index contributed by atoms with van der Waals surface area (Å²) in [6.45, 7) is 8.48. The Morgan fingerprint density at radius 1 is 0.917 bits per heavy atom. The van der Waals surface area contributed by atoms with Gasteiger partial charge in [-0.2, -0.15) is 9.61 Å². The SMILES string of the molecule is Cc1cccc2ncnc(N3CCCC[C@H]3c3cc4nc(N5CCC5)cc(N5CCOCC5)n4n3)c12. The maximum absolute atomic E-state index is 5.64. The molecule has 0 bridgehead atoms. The van der Waals surface area contributed by atoms with E-state index in [9.17, 15) is 0 Å². The average molecular weight is 485 g/mol. The lowest BCUT2D eigenvalue weighted by molar-refractivity contribution is 0.122. The molecule has 0 N–H and O–H groups in total. The Morgan fingerprint density at radius 2 is 1.81 bits per heavy atom. The van der Waals surface area contributed by atoms with E-state index in [4.69, 9.17) is 19.8 Å². The Kier molecular flexibility index (Phi) is 5.38. The van der Waals surface area contributed by atoms with Gasteiger partial charge in [0.25, 0.3) is 0 Å². The minimum atomic E-state index is 0.156. The first-order valence-electron chi connectivity index (χ1n) is 13.2. The number of morpholine rings is 1. The second-order valence-electron chi connectivity index (χ2n) is 10.1. The molecule has 3 aliphatic rings. The number of rotatable bonds is 4. The Labute approximate surface area is 210 Å². The third-order valence-electron chi connectivity index (χ3n) is 7.90. The van der Waals surface area contributed by atoms with Crippen LogP contribution in [0.1, 0.15) is 43.0 Å². The molecule has 3 fully saturated rings. The maximum atomic E-state index is 5.64. The van der Waals surface area contributed by atoms with Gasteiger partial charge in [-0.1, -0.05) is 12.1 Å². The van der Waals surface area contributed by atoms with Gasteiger partial charge in [-0.05, 0) is 44.2 Å². The second kappa shape index (κ2) is 8.89. The normalized spacial score (nSPS) is 20.8. The first-order valence-corrected chi connectivity index (χ1v) is 13.2. The molecule has 0 radical (unpaired) electrons. The minimum absolute atomic E-state index is 0.156. The zero-order valence-electron chi connectivity index (χ0n) is 20.8. The predicted molar refractivity (Wildman–Crippen MR) is 141 cm³/mol. The molecule has 0 saturated carbocycles. The quantitative estimate of drug-likeness (QED) is 0.434.